The lowest BCUT2D eigenvalue weighted by atomic mass is 10.0. The van der Waals surface area contributed by atoms with Crippen LogP contribution in [0.2, 0.25) is 0 Å². The zero-order valence-corrected chi connectivity index (χ0v) is 23.4. The number of pyridine rings is 1. The zero-order valence-electron chi connectivity index (χ0n) is 22.6. The third-order valence-corrected chi connectivity index (χ3v) is 8.57. The number of nitrogens with zero attached hydrogens (tertiary/aromatic N) is 6. The van der Waals surface area contributed by atoms with E-state index in [1.54, 1.807) is 43.2 Å². The summed E-state index contributed by atoms with van der Waals surface area (Å²) in [5.41, 5.74) is 1.69. The van der Waals surface area contributed by atoms with Crippen molar-refractivity contribution in [1.29, 1.82) is 0 Å². The highest BCUT2D eigenvalue weighted by Gasteiger charge is 2.29. The van der Waals surface area contributed by atoms with Crippen molar-refractivity contribution in [2.45, 2.75) is 36.7 Å². The second kappa shape index (κ2) is 11.7. The fourth-order valence-corrected chi connectivity index (χ4v) is 6.43. The molecular formula is C28H35N7O3S. The van der Waals surface area contributed by atoms with Gasteiger partial charge in [0, 0.05) is 31.6 Å². The summed E-state index contributed by atoms with van der Waals surface area (Å²) in [4.78, 5) is 13.3. The number of hydrogen-bond donors (Lipinski definition) is 1. The maximum Gasteiger partial charge on any atom is 0.244 e. The molecule has 1 N–H and O–H groups in total. The number of para-hydroxylation sites is 2. The van der Waals surface area contributed by atoms with Crippen LogP contribution in [0.4, 0.5) is 5.82 Å². The van der Waals surface area contributed by atoms with E-state index in [-0.39, 0.29) is 17.5 Å². The first-order valence-corrected chi connectivity index (χ1v) is 14.7. The molecule has 1 unspecified atom stereocenters. The molecule has 11 heteroatoms. The molecule has 3 heterocycles. The predicted octanol–water partition coefficient (Wildman–Crippen LogP) is 3.51. The van der Waals surface area contributed by atoms with Gasteiger partial charge in [-0.05, 0) is 44.1 Å². The van der Waals surface area contributed by atoms with Crippen LogP contribution in [0.25, 0.3) is 10.9 Å². The summed E-state index contributed by atoms with van der Waals surface area (Å²) in [7, 11) is 1.31. The van der Waals surface area contributed by atoms with E-state index >= 15 is 0 Å². The molecular weight excluding hydrogens is 514 g/mol. The summed E-state index contributed by atoms with van der Waals surface area (Å²) in [6.45, 7) is 2.34. The molecule has 0 aliphatic carbocycles. The summed E-state index contributed by atoms with van der Waals surface area (Å²) in [5, 5.41) is 5.10. The molecule has 2 aromatic carbocycles. The maximum absolute atomic E-state index is 14.0. The van der Waals surface area contributed by atoms with Crippen LogP contribution in [-0.2, 0) is 23.6 Å². The van der Waals surface area contributed by atoms with Gasteiger partial charge in [0.1, 0.15) is 22.8 Å². The van der Waals surface area contributed by atoms with Gasteiger partial charge in [-0.2, -0.15) is 5.10 Å². The molecule has 0 spiro atoms. The Bertz CT molecular complexity index is 1530. The van der Waals surface area contributed by atoms with Gasteiger partial charge < -0.3 is 9.64 Å². The SMILES string of the molecule is COc1ccccc1C(CNS(=O)(=O)c1cc2ccccc2nc1N(C)Cc1ncn(C)n1)N1CCCCC1. The molecule has 10 nitrogen and oxygen atoms in total. The number of aryl methyl sites for hydroxylation is 1. The lowest BCUT2D eigenvalue weighted by Crippen LogP contribution is -2.41. The van der Waals surface area contributed by atoms with Crippen molar-refractivity contribution in [2.75, 3.05) is 38.7 Å². The molecule has 1 aliphatic heterocycles. The first-order valence-electron chi connectivity index (χ1n) is 13.2. The van der Waals surface area contributed by atoms with Crippen molar-refractivity contribution in [1.82, 2.24) is 29.4 Å². The van der Waals surface area contributed by atoms with Crippen molar-refractivity contribution in [3.05, 3.63) is 72.3 Å². The first kappa shape index (κ1) is 27.0. The van der Waals surface area contributed by atoms with Crippen molar-refractivity contribution in [3.8, 4) is 5.75 Å². The molecule has 0 amide bonds. The Labute approximate surface area is 229 Å². The van der Waals surface area contributed by atoms with Crippen LogP contribution < -0.4 is 14.4 Å². The van der Waals surface area contributed by atoms with Gasteiger partial charge in [0.15, 0.2) is 5.82 Å². The number of aromatic nitrogens is 4. The summed E-state index contributed by atoms with van der Waals surface area (Å²) in [6, 6.07) is 16.9. The number of ether oxygens (including phenoxy) is 1. The number of likely N-dealkylation sites (tertiary alicyclic amines) is 1. The third kappa shape index (κ3) is 6.05. The number of sulfonamides is 1. The average molecular weight is 550 g/mol. The van der Waals surface area contributed by atoms with E-state index in [2.05, 4.69) is 19.7 Å². The highest BCUT2D eigenvalue weighted by atomic mass is 32.2. The Morgan fingerprint density at radius 3 is 2.56 bits per heavy atom. The number of piperidine rings is 1. The number of nitrogens with one attached hydrogen (secondary N) is 1. The van der Waals surface area contributed by atoms with Gasteiger partial charge in [-0.3, -0.25) is 9.58 Å². The molecule has 0 saturated carbocycles. The van der Waals surface area contributed by atoms with Crippen LogP contribution in [0.5, 0.6) is 5.75 Å². The highest BCUT2D eigenvalue weighted by molar-refractivity contribution is 7.89. The summed E-state index contributed by atoms with van der Waals surface area (Å²) >= 11 is 0. The van der Waals surface area contributed by atoms with E-state index in [0.717, 1.165) is 42.6 Å². The monoisotopic (exact) mass is 549 g/mol. The molecule has 5 rings (SSSR count). The van der Waals surface area contributed by atoms with Gasteiger partial charge in [0.05, 0.1) is 25.2 Å². The number of anilines is 1. The molecule has 0 bridgehead atoms. The number of fused-ring (bicyclic) bond motifs is 1. The average Bonchev–Trinajstić information content (AvgIpc) is 3.37. The molecule has 1 aliphatic rings. The summed E-state index contributed by atoms with van der Waals surface area (Å²) in [5.74, 6) is 1.68. The minimum Gasteiger partial charge on any atom is -0.496 e. The van der Waals surface area contributed by atoms with Crippen LogP contribution in [-0.4, -0.2) is 66.9 Å². The van der Waals surface area contributed by atoms with E-state index in [0.29, 0.717) is 23.7 Å². The Kier molecular flexibility index (Phi) is 8.10. The lowest BCUT2D eigenvalue weighted by molar-refractivity contribution is 0.162. The molecule has 1 saturated heterocycles. The number of hydrogen-bond acceptors (Lipinski definition) is 8. The van der Waals surface area contributed by atoms with Crippen LogP contribution >= 0.6 is 0 Å². The molecule has 2 aromatic heterocycles. The Balaban J connectivity index is 1.49. The molecule has 1 fully saturated rings. The fraction of sp³-hybridized carbons (Fsp3) is 0.393. The highest BCUT2D eigenvalue weighted by Crippen LogP contribution is 2.32. The molecule has 4 aromatic rings. The Morgan fingerprint density at radius 2 is 1.82 bits per heavy atom. The van der Waals surface area contributed by atoms with Crippen LogP contribution in [0, 0.1) is 0 Å². The smallest absolute Gasteiger partial charge is 0.244 e. The molecule has 0 radical (unpaired) electrons. The Morgan fingerprint density at radius 1 is 1.08 bits per heavy atom. The first-order chi connectivity index (χ1) is 18.9. The predicted molar refractivity (Wildman–Crippen MR) is 151 cm³/mol. The quantitative estimate of drug-likeness (QED) is 0.320. The van der Waals surface area contributed by atoms with Gasteiger partial charge in [-0.1, -0.05) is 42.8 Å². The van der Waals surface area contributed by atoms with E-state index < -0.39 is 10.0 Å². The second-order valence-corrected chi connectivity index (χ2v) is 11.6. The second-order valence-electron chi connectivity index (χ2n) is 9.90. The molecule has 39 heavy (non-hydrogen) atoms. The minimum absolute atomic E-state index is 0.122. The topological polar surface area (TPSA) is 105 Å². The standard InChI is InChI=1S/C28H35N7O3S/c1-33(19-27-29-20-34(2)32-27)28-26(17-21-11-5-7-13-23(21)31-28)39(36,37)30-18-24(35-15-9-4-10-16-35)22-12-6-8-14-25(22)38-3/h5-8,11-14,17,20,24,30H,4,9-10,15-16,18-19H2,1-3H3. The van der Waals surface area contributed by atoms with Gasteiger partial charge in [-0.25, -0.2) is 23.1 Å². The summed E-state index contributed by atoms with van der Waals surface area (Å²) < 4.78 is 38.1. The van der Waals surface area contributed by atoms with Crippen LogP contribution in [0.15, 0.2) is 65.8 Å². The van der Waals surface area contributed by atoms with Gasteiger partial charge in [0.25, 0.3) is 0 Å². The maximum atomic E-state index is 14.0. The molecule has 206 valence electrons. The normalized spacial score (nSPS) is 15.4. The largest absolute Gasteiger partial charge is 0.496 e. The van der Waals surface area contributed by atoms with Gasteiger partial charge in [0.2, 0.25) is 10.0 Å². The Hall–Kier alpha value is -3.54. The van der Waals surface area contributed by atoms with Crippen molar-refractivity contribution in [3.63, 3.8) is 0 Å². The van der Waals surface area contributed by atoms with Crippen LogP contribution in [0.3, 0.4) is 0 Å². The van der Waals surface area contributed by atoms with Gasteiger partial charge in [-0.15, -0.1) is 0 Å². The third-order valence-electron chi connectivity index (χ3n) is 7.14. The number of benzene rings is 2. The van der Waals surface area contributed by atoms with Crippen molar-refractivity contribution < 1.29 is 13.2 Å². The van der Waals surface area contributed by atoms with E-state index in [1.807, 2.05) is 48.5 Å². The van der Waals surface area contributed by atoms with Crippen molar-refractivity contribution >= 4 is 26.7 Å². The zero-order chi connectivity index (χ0) is 27.4. The van der Waals surface area contributed by atoms with Gasteiger partial charge >= 0.3 is 0 Å². The number of methoxy groups -OCH3 is 1. The summed E-state index contributed by atoms with van der Waals surface area (Å²) in [6.07, 6.45) is 4.98. The van der Waals surface area contributed by atoms with E-state index in [9.17, 15) is 8.42 Å². The molecule has 1 atom stereocenters. The minimum atomic E-state index is -3.94. The number of rotatable bonds is 10. The van der Waals surface area contributed by atoms with E-state index in [1.165, 1.54) is 6.42 Å². The van der Waals surface area contributed by atoms with E-state index in [4.69, 9.17) is 9.72 Å². The van der Waals surface area contributed by atoms with Crippen LogP contribution in [0.1, 0.15) is 36.7 Å². The fourth-order valence-electron chi connectivity index (χ4n) is 5.17. The van der Waals surface area contributed by atoms with Crippen molar-refractivity contribution in [2.24, 2.45) is 7.05 Å². The lowest BCUT2D eigenvalue weighted by Gasteiger charge is -2.35.